The third kappa shape index (κ3) is 4.86. The predicted molar refractivity (Wildman–Crippen MR) is 113 cm³/mol. The molecule has 4 nitrogen and oxygen atoms in total. The average molecular weight is 396 g/mol. The van der Waals surface area contributed by atoms with E-state index in [-0.39, 0.29) is 23.5 Å². The van der Waals surface area contributed by atoms with E-state index in [4.69, 9.17) is 5.21 Å². The second-order valence-corrected chi connectivity index (χ2v) is 9.22. The van der Waals surface area contributed by atoms with Crippen LogP contribution in [0, 0.1) is 0 Å². The largest absolute Gasteiger partial charge is 0.294 e. The topological polar surface area (TPSA) is 66.4 Å². The number of hydroxylamine groups is 1. The highest BCUT2D eigenvalue weighted by molar-refractivity contribution is 7.19. The fourth-order valence-corrected chi connectivity index (χ4v) is 4.16. The van der Waals surface area contributed by atoms with Gasteiger partial charge < -0.3 is 0 Å². The normalized spacial score (nSPS) is 11.6. The Labute approximate surface area is 169 Å². The van der Waals surface area contributed by atoms with Crippen molar-refractivity contribution in [1.29, 1.82) is 0 Å². The zero-order valence-electron chi connectivity index (χ0n) is 16.4. The maximum absolute atomic E-state index is 12.7. The van der Waals surface area contributed by atoms with Crippen molar-refractivity contribution in [3.8, 4) is 0 Å². The summed E-state index contributed by atoms with van der Waals surface area (Å²) < 4.78 is 1.13. The first kappa shape index (κ1) is 20.2. The number of carbonyl (C=O) groups excluding carboxylic acids is 2. The molecule has 28 heavy (non-hydrogen) atoms. The van der Waals surface area contributed by atoms with E-state index in [1.807, 2.05) is 42.5 Å². The predicted octanol–water partition coefficient (Wildman–Crippen LogP) is 5.06. The number of thiophene rings is 1. The fraction of sp³-hybridized carbons (Fsp3) is 0.304. The molecule has 3 rings (SSSR count). The first-order valence-corrected chi connectivity index (χ1v) is 10.2. The van der Waals surface area contributed by atoms with Crippen molar-refractivity contribution >= 4 is 33.1 Å². The van der Waals surface area contributed by atoms with Crippen LogP contribution in [0.5, 0.6) is 0 Å². The maximum atomic E-state index is 12.7. The van der Waals surface area contributed by atoms with Crippen LogP contribution < -0.4 is 5.48 Å². The molecule has 2 N–H and O–H groups in total. The fourth-order valence-electron chi connectivity index (χ4n) is 3.12. The van der Waals surface area contributed by atoms with Crippen LogP contribution in [0.1, 0.15) is 53.6 Å². The second-order valence-electron chi connectivity index (χ2n) is 8.05. The van der Waals surface area contributed by atoms with Crippen LogP contribution in [0.25, 0.3) is 10.1 Å². The van der Waals surface area contributed by atoms with Gasteiger partial charge in [0.15, 0.2) is 5.78 Å². The molecule has 0 bridgehead atoms. The number of aryl methyl sites for hydroxylation is 1. The highest BCUT2D eigenvalue weighted by Crippen LogP contribution is 2.28. The van der Waals surface area contributed by atoms with Gasteiger partial charge in [0.2, 0.25) is 5.91 Å². The standard InChI is InChI=1S/C23H25NO3S/c1-23(2,3)18-7-5-16(6-8-18)20(25)13-15-4-10-21-17(12-15)14-19(28-21)9-11-22(26)24-27/h4-8,10,12,14,27H,9,11,13H2,1-3H3,(H,24,26). The van der Waals surface area contributed by atoms with Gasteiger partial charge in [0.25, 0.3) is 0 Å². The van der Waals surface area contributed by atoms with Gasteiger partial charge >= 0.3 is 0 Å². The minimum absolute atomic E-state index is 0.0706. The molecule has 146 valence electrons. The number of fused-ring (bicyclic) bond motifs is 1. The van der Waals surface area contributed by atoms with Crippen LogP contribution in [0.2, 0.25) is 0 Å². The van der Waals surface area contributed by atoms with Gasteiger partial charge in [-0.05, 0) is 46.5 Å². The number of hydrogen-bond acceptors (Lipinski definition) is 4. The quantitative estimate of drug-likeness (QED) is 0.348. The summed E-state index contributed by atoms with van der Waals surface area (Å²) in [6.07, 6.45) is 1.20. The molecule has 0 saturated heterocycles. The lowest BCUT2D eigenvalue weighted by molar-refractivity contribution is -0.129. The molecule has 1 aromatic heterocycles. The molecule has 0 atom stereocenters. The van der Waals surface area contributed by atoms with Gasteiger partial charge in [-0.2, -0.15) is 0 Å². The van der Waals surface area contributed by atoms with Crippen LogP contribution in [0.15, 0.2) is 48.5 Å². The molecule has 0 fully saturated rings. The Morgan fingerprint density at radius 3 is 2.39 bits per heavy atom. The van der Waals surface area contributed by atoms with Crippen LogP contribution in [-0.4, -0.2) is 16.9 Å². The van der Waals surface area contributed by atoms with Gasteiger partial charge in [0.05, 0.1) is 0 Å². The van der Waals surface area contributed by atoms with Gasteiger partial charge in [-0.1, -0.05) is 51.1 Å². The molecule has 3 aromatic rings. The summed E-state index contributed by atoms with van der Waals surface area (Å²) in [5.74, 6) is -0.281. The lowest BCUT2D eigenvalue weighted by Gasteiger charge is -2.19. The summed E-state index contributed by atoms with van der Waals surface area (Å²) in [4.78, 5) is 24.9. The van der Waals surface area contributed by atoms with Crippen molar-refractivity contribution in [1.82, 2.24) is 5.48 Å². The molecule has 1 heterocycles. The Hall–Kier alpha value is -2.50. The molecule has 0 aliphatic carbocycles. The van der Waals surface area contributed by atoms with Crippen LogP contribution >= 0.6 is 11.3 Å². The second kappa shape index (κ2) is 8.25. The van der Waals surface area contributed by atoms with Gasteiger partial charge in [-0.3, -0.25) is 14.8 Å². The van der Waals surface area contributed by atoms with Gasteiger partial charge in [-0.25, -0.2) is 5.48 Å². The molecule has 0 radical (unpaired) electrons. The van der Waals surface area contributed by atoms with Crippen LogP contribution in [0.3, 0.4) is 0 Å². The van der Waals surface area contributed by atoms with Gasteiger partial charge in [-0.15, -0.1) is 11.3 Å². The Morgan fingerprint density at radius 2 is 1.75 bits per heavy atom. The summed E-state index contributed by atoms with van der Waals surface area (Å²) in [6.45, 7) is 6.47. The minimum Gasteiger partial charge on any atom is -0.294 e. The maximum Gasteiger partial charge on any atom is 0.243 e. The summed E-state index contributed by atoms with van der Waals surface area (Å²) in [5, 5.41) is 9.67. The third-order valence-electron chi connectivity index (χ3n) is 4.79. The molecule has 2 aromatic carbocycles. The van der Waals surface area contributed by atoms with Crippen LogP contribution in [0.4, 0.5) is 0 Å². The van der Waals surface area contributed by atoms with E-state index in [0.717, 1.165) is 26.1 Å². The van der Waals surface area contributed by atoms with E-state index < -0.39 is 0 Å². The van der Waals surface area contributed by atoms with E-state index in [1.165, 1.54) is 5.56 Å². The zero-order valence-corrected chi connectivity index (χ0v) is 17.2. The number of benzene rings is 2. The first-order valence-electron chi connectivity index (χ1n) is 9.34. The van der Waals surface area contributed by atoms with Crippen molar-refractivity contribution in [2.45, 2.75) is 45.4 Å². The summed E-state index contributed by atoms with van der Waals surface area (Å²) in [6, 6.07) is 16.0. The number of rotatable bonds is 6. The average Bonchev–Trinajstić information content (AvgIpc) is 3.07. The summed E-state index contributed by atoms with van der Waals surface area (Å²) >= 11 is 1.63. The number of nitrogens with one attached hydrogen (secondary N) is 1. The molecular formula is C23H25NO3S. The van der Waals surface area contributed by atoms with Gasteiger partial charge in [0.1, 0.15) is 0 Å². The number of Topliss-reactive ketones (excluding diaryl/α,β-unsaturated/α-hetero) is 1. The molecule has 0 saturated carbocycles. The lowest BCUT2D eigenvalue weighted by Crippen LogP contribution is -2.18. The number of ketones is 1. The lowest BCUT2D eigenvalue weighted by atomic mass is 9.86. The minimum atomic E-state index is -0.388. The Balaban J connectivity index is 1.71. The summed E-state index contributed by atoms with van der Waals surface area (Å²) in [7, 11) is 0. The monoisotopic (exact) mass is 395 g/mol. The molecule has 1 amide bonds. The molecule has 0 unspecified atom stereocenters. The Morgan fingerprint density at radius 1 is 1.04 bits per heavy atom. The van der Waals surface area contributed by atoms with Crippen molar-refractivity contribution in [3.05, 3.63) is 70.1 Å². The number of amides is 1. The van der Waals surface area contributed by atoms with E-state index >= 15 is 0 Å². The van der Waals surface area contributed by atoms with Crippen molar-refractivity contribution in [2.24, 2.45) is 0 Å². The van der Waals surface area contributed by atoms with E-state index in [0.29, 0.717) is 12.8 Å². The van der Waals surface area contributed by atoms with Crippen molar-refractivity contribution in [3.63, 3.8) is 0 Å². The van der Waals surface area contributed by atoms with Crippen molar-refractivity contribution < 1.29 is 14.8 Å². The van der Waals surface area contributed by atoms with Crippen molar-refractivity contribution in [2.75, 3.05) is 0 Å². The molecule has 0 spiro atoms. The Kier molecular flexibility index (Phi) is 5.96. The third-order valence-corrected chi connectivity index (χ3v) is 5.97. The molecule has 0 aliphatic rings. The van der Waals surface area contributed by atoms with E-state index in [2.05, 4.69) is 26.8 Å². The molecule has 5 heteroatoms. The first-order chi connectivity index (χ1) is 13.3. The molecular weight excluding hydrogens is 370 g/mol. The zero-order chi connectivity index (χ0) is 20.3. The number of hydrogen-bond donors (Lipinski definition) is 2. The van der Waals surface area contributed by atoms with E-state index in [9.17, 15) is 9.59 Å². The van der Waals surface area contributed by atoms with E-state index in [1.54, 1.807) is 16.8 Å². The summed E-state index contributed by atoms with van der Waals surface area (Å²) in [5.41, 5.74) is 4.65. The number of carbonyl (C=O) groups is 2. The Bertz CT molecular complexity index is 997. The van der Waals surface area contributed by atoms with Gasteiger partial charge in [0, 0.05) is 28.0 Å². The highest BCUT2D eigenvalue weighted by atomic mass is 32.1. The van der Waals surface area contributed by atoms with Crippen LogP contribution in [-0.2, 0) is 23.1 Å². The SMILES string of the molecule is CC(C)(C)c1ccc(C(=O)Cc2ccc3sc(CCC(=O)NO)cc3c2)cc1. The molecule has 0 aliphatic heterocycles. The smallest absolute Gasteiger partial charge is 0.243 e. The highest BCUT2D eigenvalue weighted by Gasteiger charge is 2.15.